The molecule has 2 atom stereocenters. The molecule has 4 heteroatoms. The molecule has 0 aromatic heterocycles. The molecule has 2 unspecified atom stereocenters. The first kappa shape index (κ1) is 12.5. The Balaban J connectivity index is 2.62. The molecule has 1 saturated heterocycles. The number of piperazine rings is 1. The average Bonchev–Trinajstić information content (AvgIpc) is 2.23. The van der Waals surface area contributed by atoms with Crippen LogP contribution in [-0.4, -0.2) is 54.5 Å². The van der Waals surface area contributed by atoms with Gasteiger partial charge < -0.3 is 10.6 Å². The number of carbonyl (C=O) groups is 1. The summed E-state index contributed by atoms with van der Waals surface area (Å²) in [5, 5.41) is 0. The molecule has 1 amide bonds. The fourth-order valence-electron chi connectivity index (χ4n) is 2.02. The first-order chi connectivity index (χ1) is 7.10. The van der Waals surface area contributed by atoms with Gasteiger partial charge in [0.15, 0.2) is 0 Å². The Kier molecular flexibility index (Phi) is 4.54. The number of hydrogen-bond donors (Lipinski definition) is 1. The maximum Gasteiger partial charge on any atom is 0.236 e. The number of carbonyl (C=O) groups excluding carboxylic acids is 1. The van der Waals surface area contributed by atoms with Crippen LogP contribution in [-0.2, 0) is 4.79 Å². The lowest BCUT2D eigenvalue weighted by Gasteiger charge is -2.41. The van der Waals surface area contributed by atoms with E-state index in [1.807, 2.05) is 11.9 Å². The van der Waals surface area contributed by atoms with Gasteiger partial charge in [-0.2, -0.15) is 0 Å². The molecule has 0 spiro atoms. The molecule has 1 aliphatic heterocycles. The van der Waals surface area contributed by atoms with Gasteiger partial charge in [-0.3, -0.25) is 9.69 Å². The molecule has 2 N–H and O–H groups in total. The zero-order valence-corrected chi connectivity index (χ0v) is 10.1. The average molecular weight is 213 g/mol. The van der Waals surface area contributed by atoms with Gasteiger partial charge in [0.25, 0.3) is 0 Å². The molecule has 0 saturated carbocycles. The van der Waals surface area contributed by atoms with Crippen molar-refractivity contribution in [1.29, 1.82) is 0 Å². The van der Waals surface area contributed by atoms with Gasteiger partial charge >= 0.3 is 0 Å². The van der Waals surface area contributed by atoms with E-state index in [0.29, 0.717) is 25.2 Å². The second-order valence-corrected chi connectivity index (χ2v) is 4.42. The summed E-state index contributed by atoms with van der Waals surface area (Å²) in [6.07, 6.45) is 1.99. The number of hydrogen-bond acceptors (Lipinski definition) is 3. The van der Waals surface area contributed by atoms with E-state index in [1.54, 1.807) is 0 Å². The quantitative estimate of drug-likeness (QED) is 0.729. The van der Waals surface area contributed by atoms with Crippen LogP contribution in [0.25, 0.3) is 0 Å². The van der Waals surface area contributed by atoms with Crippen LogP contribution in [0.2, 0.25) is 0 Å². The summed E-state index contributed by atoms with van der Waals surface area (Å²) in [6.45, 7) is 6.52. The summed E-state index contributed by atoms with van der Waals surface area (Å²) in [7, 11) is 1.89. The third kappa shape index (κ3) is 2.92. The van der Waals surface area contributed by atoms with Crippen molar-refractivity contribution < 1.29 is 4.79 Å². The maximum atomic E-state index is 11.8. The Morgan fingerprint density at radius 3 is 2.80 bits per heavy atom. The number of amides is 1. The van der Waals surface area contributed by atoms with Gasteiger partial charge in [-0.15, -0.1) is 0 Å². The van der Waals surface area contributed by atoms with Crippen LogP contribution in [0.3, 0.4) is 0 Å². The molecule has 15 heavy (non-hydrogen) atoms. The Hall–Kier alpha value is -0.610. The molecule has 88 valence electrons. The van der Waals surface area contributed by atoms with Crippen molar-refractivity contribution in [1.82, 2.24) is 9.80 Å². The lowest BCUT2D eigenvalue weighted by atomic mass is 10.1. The van der Waals surface area contributed by atoms with Crippen molar-refractivity contribution in [2.75, 3.05) is 26.7 Å². The Morgan fingerprint density at radius 2 is 2.27 bits per heavy atom. The van der Waals surface area contributed by atoms with Gasteiger partial charge in [0.05, 0.1) is 6.54 Å². The van der Waals surface area contributed by atoms with Crippen LogP contribution in [0.5, 0.6) is 0 Å². The van der Waals surface area contributed by atoms with Gasteiger partial charge in [-0.25, -0.2) is 0 Å². The van der Waals surface area contributed by atoms with Crippen LogP contribution >= 0.6 is 0 Å². The normalized spacial score (nSPS) is 25.7. The molecule has 0 aromatic carbocycles. The van der Waals surface area contributed by atoms with E-state index in [2.05, 4.69) is 18.7 Å². The summed E-state index contributed by atoms with van der Waals surface area (Å²) in [5.41, 5.74) is 5.56. The second kappa shape index (κ2) is 5.47. The molecule has 0 bridgehead atoms. The third-order valence-electron chi connectivity index (χ3n) is 3.44. The molecular formula is C11H23N3O. The standard InChI is InChI=1S/C11H23N3O/c1-4-9(2)14-7-10(5-6-12)13(3)11(15)8-14/h9-10H,4-8,12H2,1-3H3. The van der Waals surface area contributed by atoms with Crippen molar-refractivity contribution in [3.05, 3.63) is 0 Å². The smallest absolute Gasteiger partial charge is 0.236 e. The molecule has 0 aromatic rings. The van der Waals surface area contributed by atoms with Crippen LogP contribution in [0.1, 0.15) is 26.7 Å². The SMILES string of the molecule is CCC(C)N1CC(=O)N(C)C(CCN)C1. The van der Waals surface area contributed by atoms with Crippen LogP contribution in [0.15, 0.2) is 0 Å². The summed E-state index contributed by atoms with van der Waals surface area (Å²) < 4.78 is 0. The van der Waals surface area contributed by atoms with Gasteiger partial charge in [0.2, 0.25) is 5.91 Å². The highest BCUT2D eigenvalue weighted by Crippen LogP contribution is 2.15. The summed E-state index contributed by atoms with van der Waals surface area (Å²) >= 11 is 0. The lowest BCUT2D eigenvalue weighted by Crippen LogP contribution is -2.57. The van der Waals surface area contributed by atoms with Crippen LogP contribution < -0.4 is 5.73 Å². The molecule has 0 radical (unpaired) electrons. The highest BCUT2D eigenvalue weighted by atomic mass is 16.2. The highest BCUT2D eigenvalue weighted by molar-refractivity contribution is 5.79. The Bertz CT molecular complexity index is 220. The van der Waals surface area contributed by atoms with E-state index in [0.717, 1.165) is 19.4 Å². The van der Waals surface area contributed by atoms with E-state index in [1.165, 1.54) is 0 Å². The third-order valence-corrected chi connectivity index (χ3v) is 3.44. The zero-order valence-electron chi connectivity index (χ0n) is 10.1. The first-order valence-corrected chi connectivity index (χ1v) is 5.79. The molecule has 1 aliphatic rings. The number of nitrogens with zero attached hydrogens (tertiary/aromatic N) is 2. The van der Waals surface area contributed by atoms with Crippen LogP contribution in [0.4, 0.5) is 0 Å². The van der Waals surface area contributed by atoms with E-state index >= 15 is 0 Å². The van der Waals surface area contributed by atoms with Crippen molar-refractivity contribution >= 4 is 5.91 Å². The molecule has 0 aliphatic carbocycles. The lowest BCUT2D eigenvalue weighted by molar-refractivity contribution is -0.139. The molecule has 4 nitrogen and oxygen atoms in total. The van der Waals surface area contributed by atoms with E-state index < -0.39 is 0 Å². The van der Waals surface area contributed by atoms with Crippen LogP contribution in [0, 0.1) is 0 Å². The molecular weight excluding hydrogens is 190 g/mol. The van der Waals surface area contributed by atoms with Gasteiger partial charge in [0, 0.05) is 25.7 Å². The summed E-state index contributed by atoms with van der Waals surface area (Å²) in [5.74, 6) is 0.222. The highest BCUT2D eigenvalue weighted by Gasteiger charge is 2.30. The molecule has 1 fully saturated rings. The van der Waals surface area contributed by atoms with Crippen molar-refractivity contribution in [2.45, 2.75) is 38.8 Å². The minimum atomic E-state index is 0.222. The minimum absolute atomic E-state index is 0.222. The molecule has 1 rings (SSSR count). The maximum absolute atomic E-state index is 11.8. The predicted octanol–water partition coefficient (Wildman–Crippen LogP) is 0.276. The summed E-state index contributed by atoms with van der Waals surface area (Å²) in [4.78, 5) is 15.9. The number of nitrogens with two attached hydrogens (primary N) is 1. The Labute approximate surface area is 92.4 Å². The van der Waals surface area contributed by atoms with Crippen molar-refractivity contribution in [2.24, 2.45) is 5.73 Å². The number of rotatable bonds is 4. The predicted molar refractivity (Wildman–Crippen MR) is 61.6 cm³/mol. The topological polar surface area (TPSA) is 49.6 Å². The summed E-state index contributed by atoms with van der Waals surface area (Å²) in [6, 6.07) is 0.785. The van der Waals surface area contributed by atoms with Gasteiger partial charge in [-0.05, 0) is 26.3 Å². The van der Waals surface area contributed by atoms with Gasteiger partial charge in [-0.1, -0.05) is 6.92 Å². The minimum Gasteiger partial charge on any atom is -0.340 e. The van der Waals surface area contributed by atoms with Crippen molar-refractivity contribution in [3.8, 4) is 0 Å². The monoisotopic (exact) mass is 213 g/mol. The fraction of sp³-hybridized carbons (Fsp3) is 0.909. The zero-order chi connectivity index (χ0) is 11.4. The van der Waals surface area contributed by atoms with E-state index in [9.17, 15) is 4.79 Å². The van der Waals surface area contributed by atoms with E-state index in [-0.39, 0.29) is 5.91 Å². The van der Waals surface area contributed by atoms with E-state index in [4.69, 9.17) is 5.73 Å². The van der Waals surface area contributed by atoms with Gasteiger partial charge in [0.1, 0.15) is 0 Å². The first-order valence-electron chi connectivity index (χ1n) is 5.79. The number of likely N-dealkylation sites (N-methyl/N-ethyl adjacent to an activating group) is 1. The second-order valence-electron chi connectivity index (χ2n) is 4.42. The Morgan fingerprint density at radius 1 is 1.60 bits per heavy atom. The largest absolute Gasteiger partial charge is 0.340 e. The van der Waals surface area contributed by atoms with Crippen molar-refractivity contribution in [3.63, 3.8) is 0 Å². The fourth-order valence-corrected chi connectivity index (χ4v) is 2.02. The molecule has 1 heterocycles.